The molecule has 116 valence electrons. The number of aryl methyl sites for hydroxylation is 2. The van der Waals surface area contributed by atoms with Gasteiger partial charge >= 0.3 is 0 Å². The third-order valence-corrected chi connectivity index (χ3v) is 3.50. The van der Waals surface area contributed by atoms with Crippen LogP contribution in [0, 0.1) is 11.6 Å². The van der Waals surface area contributed by atoms with Crippen LogP contribution >= 0.6 is 0 Å². The van der Waals surface area contributed by atoms with Crippen LogP contribution < -0.4 is 0 Å². The molecule has 0 radical (unpaired) electrons. The van der Waals surface area contributed by atoms with Gasteiger partial charge < -0.3 is 0 Å². The predicted molar refractivity (Wildman–Crippen MR) is 84.2 cm³/mol. The van der Waals surface area contributed by atoms with Crippen LogP contribution in [0.5, 0.6) is 0 Å². The van der Waals surface area contributed by atoms with Gasteiger partial charge in [0.25, 0.3) is 0 Å². The van der Waals surface area contributed by atoms with E-state index in [0.29, 0.717) is 24.8 Å². The quantitative estimate of drug-likeness (QED) is 0.627. The summed E-state index contributed by atoms with van der Waals surface area (Å²) >= 11 is 0. The maximum atomic E-state index is 13.9. The minimum Gasteiger partial charge on any atom is -0.207 e. The number of hydrogen-bond donors (Lipinski definition) is 0. The standard InChI is InChI=1S/C19H19F3/c1-2-3-7-17(20)16-6-4-5-14(12-16)8-9-15-10-11-18(21)19(22)13-15/h4-7,10-13H,2-3,8-9H2,1H3/b17-7+. The van der Waals surface area contributed by atoms with Gasteiger partial charge in [-0.1, -0.05) is 37.6 Å². The zero-order chi connectivity index (χ0) is 15.9. The van der Waals surface area contributed by atoms with Gasteiger partial charge in [0, 0.05) is 5.56 Å². The van der Waals surface area contributed by atoms with Crippen LogP contribution in [0.2, 0.25) is 0 Å². The van der Waals surface area contributed by atoms with Crippen molar-refractivity contribution in [3.63, 3.8) is 0 Å². The number of allylic oxidation sites excluding steroid dienone is 1. The van der Waals surface area contributed by atoms with Gasteiger partial charge in [0.2, 0.25) is 0 Å². The first kappa shape index (κ1) is 16.3. The first-order chi connectivity index (χ1) is 10.6. The second-order valence-electron chi connectivity index (χ2n) is 5.29. The normalized spacial score (nSPS) is 11.7. The van der Waals surface area contributed by atoms with E-state index in [9.17, 15) is 13.2 Å². The largest absolute Gasteiger partial charge is 0.207 e. The number of unbranched alkanes of at least 4 members (excludes halogenated alkanes) is 1. The summed E-state index contributed by atoms with van der Waals surface area (Å²) in [6, 6.07) is 11.2. The van der Waals surface area contributed by atoms with Crippen molar-refractivity contribution < 1.29 is 13.2 Å². The molecule has 22 heavy (non-hydrogen) atoms. The molecule has 0 spiro atoms. The summed E-state index contributed by atoms with van der Waals surface area (Å²) in [5.41, 5.74) is 2.27. The smallest absolute Gasteiger partial charge is 0.159 e. The zero-order valence-corrected chi connectivity index (χ0v) is 12.6. The van der Waals surface area contributed by atoms with Gasteiger partial charge in [-0.05, 0) is 54.7 Å². The Balaban J connectivity index is 2.05. The molecule has 0 nitrogen and oxygen atoms in total. The maximum absolute atomic E-state index is 13.9. The van der Waals surface area contributed by atoms with E-state index in [1.807, 2.05) is 19.1 Å². The Morgan fingerprint density at radius 1 is 0.955 bits per heavy atom. The highest BCUT2D eigenvalue weighted by molar-refractivity contribution is 5.59. The lowest BCUT2D eigenvalue weighted by atomic mass is 10.0. The summed E-state index contributed by atoms with van der Waals surface area (Å²) in [6.07, 6.45) is 4.45. The van der Waals surface area contributed by atoms with Crippen LogP contribution in [0.4, 0.5) is 13.2 Å². The molecule has 0 fully saturated rings. The molecule has 0 heterocycles. The van der Waals surface area contributed by atoms with E-state index in [4.69, 9.17) is 0 Å². The minimum atomic E-state index is -0.839. The number of benzene rings is 2. The van der Waals surface area contributed by atoms with E-state index < -0.39 is 11.6 Å². The summed E-state index contributed by atoms with van der Waals surface area (Å²) in [7, 11) is 0. The van der Waals surface area contributed by atoms with Crippen LogP contribution in [-0.4, -0.2) is 0 Å². The molecule has 0 unspecified atom stereocenters. The molecule has 2 rings (SSSR count). The van der Waals surface area contributed by atoms with E-state index in [0.717, 1.165) is 23.6 Å². The maximum Gasteiger partial charge on any atom is 0.159 e. The highest BCUT2D eigenvalue weighted by Gasteiger charge is 2.05. The van der Waals surface area contributed by atoms with Crippen molar-refractivity contribution in [1.29, 1.82) is 0 Å². The van der Waals surface area contributed by atoms with Crippen molar-refractivity contribution >= 4 is 5.83 Å². The molecule has 3 heteroatoms. The Hall–Kier alpha value is -2.03. The molecule has 2 aromatic rings. The van der Waals surface area contributed by atoms with Crippen molar-refractivity contribution in [3.05, 3.63) is 76.9 Å². The molecule has 0 saturated heterocycles. The SMILES string of the molecule is CCC/C=C(/F)c1cccc(CCc2ccc(F)c(F)c2)c1. The summed E-state index contributed by atoms with van der Waals surface area (Å²) < 4.78 is 40.0. The Labute approximate surface area is 129 Å². The van der Waals surface area contributed by atoms with E-state index in [2.05, 4.69) is 0 Å². The van der Waals surface area contributed by atoms with Gasteiger partial charge in [-0.15, -0.1) is 0 Å². The molecule has 0 atom stereocenters. The Morgan fingerprint density at radius 3 is 2.36 bits per heavy atom. The number of rotatable bonds is 6. The molecule has 0 amide bonds. The summed E-state index contributed by atoms with van der Waals surface area (Å²) in [4.78, 5) is 0. The molecular weight excluding hydrogens is 285 g/mol. The van der Waals surface area contributed by atoms with Crippen molar-refractivity contribution in [2.45, 2.75) is 32.6 Å². The van der Waals surface area contributed by atoms with Crippen molar-refractivity contribution in [3.8, 4) is 0 Å². The predicted octanol–water partition coefficient (Wildman–Crippen LogP) is 5.86. The highest BCUT2D eigenvalue weighted by Crippen LogP contribution is 2.19. The summed E-state index contributed by atoms with van der Waals surface area (Å²) in [6.45, 7) is 2.00. The van der Waals surface area contributed by atoms with Gasteiger partial charge in [0.15, 0.2) is 11.6 Å². The molecular formula is C19H19F3. The van der Waals surface area contributed by atoms with Crippen LogP contribution in [0.15, 0.2) is 48.5 Å². The van der Waals surface area contributed by atoms with E-state index in [1.165, 1.54) is 6.07 Å². The van der Waals surface area contributed by atoms with Crippen LogP contribution in [0.3, 0.4) is 0 Å². The summed E-state index contributed by atoms with van der Waals surface area (Å²) in [5.74, 6) is -1.88. The molecule has 0 aliphatic heterocycles. The average Bonchev–Trinajstić information content (AvgIpc) is 2.54. The Bertz CT molecular complexity index is 659. The fraction of sp³-hybridized carbons (Fsp3) is 0.263. The molecule has 2 aromatic carbocycles. The lowest BCUT2D eigenvalue weighted by molar-refractivity contribution is 0.507. The Kier molecular flexibility index (Phi) is 5.82. The lowest BCUT2D eigenvalue weighted by Gasteiger charge is -2.05. The first-order valence-electron chi connectivity index (χ1n) is 7.49. The molecule has 0 aliphatic rings. The summed E-state index contributed by atoms with van der Waals surface area (Å²) in [5, 5.41) is 0. The van der Waals surface area contributed by atoms with Gasteiger partial charge in [-0.25, -0.2) is 13.2 Å². The molecule has 0 N–H and O–H groups in total. The van der Waals surface area contributed by atoms with E-state index >= 15 is 0 Å². The van der Waals surface area contributed by atoms with Crippen molar-refractivity contribution in [2.24, 2.45) is 0 Å². The van der Waals surface area contributed by atoms with Crippen molar-refractivity contribution in [1.82, 2.24) is 0 Å². The second-order valence-corrected chi connectivity index (χ2v) is 5.29. The van der Waals surface area contributed by atoms with E-state index in [-0.39, 0.29) is 5.83 Å². The first-order valence-corrected chi connectivity index (χ1v) is 7.49. The zero-order valence-electron chi connectivity index (χ0n) is 12.6. The highest BCUT2D eigenvalue weighted by atomic mass is 19.2. The monoisotopic (exact) mass is 304 g/mol. The van der Waals surface area contributed by atoms with Gasteiger partial charge in [-0.3, -0.25) is 0 Å². The minimum absolute atomic E-state index is 0.212. The van der Waals surface area contributed by atoms with E-state index in [1.54, 1.807) is 24.3 Å². The van der Waals surface area contributed by atoms with Crippen molar-refractivity contribution in [2.75, 3.05) is 0 Å². The fourth-order valence-corrected chi connectivity index (χ4v) is 2.25. The third-order valence-electron chi connectivity index (χ3n) is 3.50. The fourth-order valence-electron chi connectivity index (χ4n) is 2.25. The van der Waals surface area contributed by atoms with Crippen LogP contribution in [-0.2, 0) is 12.8 Å². The number of halogens is 3. The second kappa shape index (κ2) is 7.83. The molecule has 0 aliphatic carbocycles. The lowest BCUT2D eigenvalue weighted by Crippen LogP contribution is -1.94. The topological polar surface area (TPSA) is 0 Å². The number of hydrogen-bond acceptors (Lipinski definition) is 0. The molecule has 0 saturated carbocycles. The van der Waals surface area contributed by atoms with Gasteiger partial charge in [0.05, 0.1) is 0 Å². The third kappa shape index (κ3) is 4.48. The van der Waals surface area contributed by atoms with Crippen LogP contribution in [0.25, 0.3) is 5.83 Å². The van der Waals surface area contributed by atoms with Gasteiger partial charge in [-0.2, -0.15) is 0 Å². The van der Waals surface area contributed by atoms with Gasteiger partial charge in [0.1, 0.15) is 5.83 Å². The molecule has 0 aromatic heterocycles. The van der Waals surface area contributed by atoms with Crippen LogP contribution in [0.1, 0.15) is 36.5 Å². The average molecular weight is 304 g/mol. The Morgan fingerprint density at radius 2 is 1.68 bits per heavy atom. The molecule has 0 bridgehead atoms.